The van der Waals surface area contributed by atoms with E-state index < -0.39 is 11.3 Å². The Hall–Kier alpha value is -2.69. The second-order valence-corrected chi connectivity index (χ2v) is 4.85. The molecule has 0 spiro atoms. The lowest BCUT2D eigenvalue weighted by Crippen LogP contribution is -2.26. The van der Waals surface area contributed by atoms with Crippen molar-refractivity contribution in [3.05, 3.63) is 57.5 Å². The largest absolute Gasteiger partial charge is 0.507 e. The number of nitrogens with zero attached hydrogens (tertiary/aromatic N) is 1. The Morgan fingerprint density at radius 3 is 2.10 bits per heavy atom. The van der Waals surface area contributed by atoms with Crippen LogP contribution in [0.15, 0.2) is 35.1 Å². The van der Waals surface area contributed by atoms with Gasteiger partial charge in [0.2, 0.25) is 0 Å². The van der Waals surface area contributed by atoms with Gasteiger partial charge in [-0.2, -0.15) is 0 Å². The van der Waals surface area contributed by atoms with E-state index in [-0.39, 0.29) is 17.1 Å². The summed E-state index contributed by atoms with van der Waals surface area (Å²) in [5.41, 5.74) is 0.755. The molecule has 0 aliphatic rings. The van der Waals surface area contributed by atoms with Crippen LogP contribution in [0.2, 0.25) is 0 Å². The van der Waals surface area contributed by atoms with E-state index in [1.54, 1.807) is 31.2 Å². The number of aryl methyl sites for hydroxylation is 1. The lowest BCUT2D eigenvalue weighted by molar-refractivity contribution is 0.100. The molecule has 0 saturated carbocycles. The van der Waals surface area contributed by atoms with Gasteiger partial charge in [0, 0.05) is 23.0 Å². The third-order valence-corrected chi connectivity index (χ3v) is 3.26. The molecule has 1 N–H and O–H groups in total. The van der Waals surface area contributed by atoms with Crippen molar-refractivity contribution in [3.8, 4) is 11.4 Å². The molecule has 1 heterocycles. The molecule has 0 radical (unpaired) electrons. The fourth-order valence-electron chi connectivity index (χ4n) is 2.21. The molecule has 0 aliphatic heterocycles. The van der Waals surface area contributed by atoms with Crippen LogP contribution in [0.5, 0.6) is 5.75 Å². The van der Waals surface area contributed by atoms with E-state index in [0.717, 1.165) is 0 Å². The zero-order valence-electron chi connectivity index (χ0n) is 12.0. The minimum absolute atomic E-state index is 0.0687. The maximum atomic E-state index is 12.4. The number of hydrogen-bond donors (Lipinski definition) is 1. The van der Waals surface area contributed by atoms with Crippen molar-refractivity contribution < 1.29 is 14.7 Å². The molecule has 0 unspecified atom stereocenters. The molecule has 0 bridgehead atoms. The van der Waals surface area contributed by atoms with Crippen molar-refractivity contribution in [2.24, 2.45) is 0 Å². The van der Waals surface area contributed by atoms with Gasteiger partial charge in [-0.1, -0.05) is 0 Å². The average Bonchev–Trinajstić information content (AvgIpc) is 2.38. The van der Waals surface area contributed by atoms with Crippen LogP contribution in [0.4, 0.5) is 0 Å². The third-order valence-electron chi connectivity index (χ3n) is 3.26. The number of Topliss-reactive ketones (excluding diaryl/α,β-unsaturated/α-hetero) is 2. The highest BCUT2D eigenvalue weighted by molar-refractivity contribution is 5.96. The highest BCUT2D eigenvalue weighted by Gasteiger charge is 2.17. The van der Waals surface area contributed by atoms with Crippen LogP contribution in [0, 0.1) is 6.92 Å². The zero-order chi connectivity index (χ0) is 15.7. The van der Waals surface area contributed by atoms with E-state index in [4.69, 9.17) is 0 Å². The fraction of sp³-hybridized carbons (Fsp3) is 0.188. The maximum Gasteiger partial charge on any atom is 0.269 e. The Balaban J connectivity index is 2.69. The number of aromatic hydroxyl groups is 1. The smallest absolute Gasteiger partial charge is 0.269 e. The Kier molecular flexibility index (Phi) is 3.76. The van der Waals surface area contributed by atoms with E-state index >= 15 is 0 Å². The molecular formula is C16H15NO4. The topological polar surface area (TPSA) is 76.4 Å². The molecule has 0 atom stereocenters. The number of pyridine rings is 1. The Labute approximate surface area is 121 Å². The summed E-state index contributed by atoms with van der Waals surface area (Å²) in [6, 6.07) is 7.86. The molecule has 108 valence electrons. The minimum Gasteiger partial charge on any atom is -0.507 e. The summed E-state index contributed by atoms with van der Waals surface area (Å²) >= 11 is 0. The molecule has 0 saturated heterocycles. The van der Waals surface area contributed by atoms with Crippen molar-refractivity contribution in [1.82, 2.24) is 4.57 Å². The Morgan fingerprint density at radius 1 is 1.05 bits per heavy atom. The second kappa shape index (κ2) is 5.36. The average molecular weight is 285 g/mol. The van der Waals surface area contributed by atoms with Crippen LogP contribution in [0.25, 0.3) is 5.69 Å². The number of hydrogen-bond acceptors (Lipinski definition) is 4. The fourth-order valence-corrected chi connectivity index (χ4v) is 2.21. The van der Waals surface area contributed by atoms with E-state index in [1.165, 1.54) is 24.5 Å². The summed E-state index contributed by atoms with van der Waals surface area (Å²) in [4.78, 5) is 35.2. The standard InChI is InChI=1S/C16H15NO4/c1-9-8-14(20)15(11(3)19)16(21)17(9)13-6-4-12(5-7-13)10(2)18/h4-8,20H,1-3H3. The number of ketones is 2. The highest BCUT2D eigenvalue weighted by Crippen LogP contribution is 2.18. The van der Waals surface area contributed by atoms with Gasteiger partial charge in [-0.3, -0.25) is 19.0 Å². The Morgan fingerprint density at radius 2 is 1.62 bits per heavy atom. The first-order valence-electron chi connectivity index (χ1n) is 6.41. The minimum atomic E-state index is -0.574. The predicted octanol–water partition coefficient (Wildman–Crippen LogP) is 2.26. The molecule has 2 rings (SSSR count). The van der Waals surface area contributed by atoms with Crippen LogP contribution in [0.1, 0.15) is 40.3 Å². The third kappa shape index (κ3) is 2.63. The maximum absolute atomic E-state index is 12.4. The van der Waals surface area contributed by atoms with Gasteiger partial charge in [0.1, 0.15) is 11.3 Å². The molecular weight excluding hydrogens is 270 g/mol. The molecule has 5 nitrogen and oxygen atoms in total. The van der Waals surface area contributed by atoms with Gasteiger partial charge in [0.25, 0.3) is 5.56 Å². The molecule has 0 aliphatic carbocycles. The normalized spacial score (nSPS) is 10.4. The van der Waals surface area contributed by atoms with Crippen LogP contribution < -0.4 is 5.56 Å². The summed E-state index contributed by atoms with van der Waals surface area (Å²) in [6.45, 7) is 4.35. The van der Waals surface area contributed by atoms with Gasteiger partial charge in [-0.05, 0) is 45.0 Å². The molecule has 1 aromatic heterocycles. The first-order chi connectivity index (χ1) is 9.82. The summed E-state index contributed by atoms with van der Waals surface area (Å²) in [7, 11) is 0. The lowest BCUT2D eigenvalue weighted by atomic mass is 10.1. The van der Waals surface area contributed by atoms with Gasteiger partial charge >= 0.3 is 0 Å². The van der Waals surface area contributed by atoms with Crippen LogP contribution in [0.3, 0.4) is 0 Å². The summed E-state index contributed by atoms with van der Waals surface area (Å²) in [5, 5.41) is 9.75. The number of benzene rings is 1. The molecule has 2 aromatic rings. The number of rotatable bonds is 3. The van der Waals surface area contributed by atoms with Gasteiger partial charge in [-0.15, -0.1) is 0 Å². The van der Waals surface area contributed by atoms with Crippen LogP contribution >= 0.6 is 0 Å². The van der Waals surface area contributed by atoms with Crippen molar-refractivity contribution in [1.29, 1.82) is 0 Å². The second-order valence-electron chi connectivity index (χ2n) is 4.85. The highest BCUT2D eigenvalue weighted by atomic mass is 16.3. The first-order valence-corrected chi connectivity index (χ1v) is 6.41. The van der Waals surface area contributed by atoms with Gasteiger partial charge < -0.3 is 5.11 Å². The van der Waals surface area contributed by atoms with E-state index in [9.17, 15) is 19.5 Å². The van der Waals surface area contributed by atoms with Gasteiger partial charge in [-0.25, -0.2) is 0 Å². The van der Waals surface area contributed by atoms with Crippen molar-refractivity contribution in [2.45, 2.75) is 20.8 Å². The summed E-state index contributed by atoms with van der Waals surface area (Å²) in [6.07, 6.45) is 0. The predicted molar refractivity (Wildman–Crippen MR) is 78.4 cm³/mol. The van der Waals surface area contributed by atoms with E-state index in [2.05, 4.69) is 0 Å². The Bertz CT molecular complexity index is 785. The lowest BCUT2D eigenvalue weighted by Gasteiger charge is -2.13. The molecule has 5 heteroatoms. The summed E-state index contributed by atoms with van der Waals surface area (Å²) in [5.74, 6) is -0.881. The van der Waals surface area contributed by atoms with E-state index in [0.29, 0.717) is 16.9 Å². The number of aromatic nitrogens is 1. The van der Waals surface area contributed by atoms with E-state index in [1.807, 2.05) is 0 Å². The molecule has 0 amide bonds. The monoisotopic (exact) mass is 285 g/mol. The van der Waals surface area contributed by atoms with Gasteiger partial charge in [0.15, 0.2) is 11.6 Å². The van der Waals surface area contributed by atoms with Crippen LogP contribution in [-0.4, -0.2) is 21.2 Å². The molecule has 0 fully saturated rings. The molecule has 21 heavy (non-hydrogen) atoms. The number of carbonyl (C=O) groups excluding carboxylic acids is 2. The van der Waals surface area contributed by atoms with Crippen LogP contribution in [-0.2, 0) is 0 Å². The van der Waals surface area contributed by atoms with Gasteiger partial charge in [0.05, 0.1) is 0 Å². The van der Waals surface area contributed by atoms with Crippen molar-refractivity contribution in [2.75, 3.05) is 0 Å². The quantitative estimate of drug-likeness (QED) is 0.877. The number of carbonyl (C=O) groups is 2. The zero-order valence-corrected chi connectivity index (χ0v) is 12.0. The van der Waals surface area contributed by atoms with Crippen molar-refractivity contribution in [3.63, 3.8) is 0 Å². The first kappa shape index (κ1) is 14.7. The summed E-state index contributed by atoms with van der Waals surface area (Å²) < 4.78 is 1.33. The van der Waals surface area contributed by atoms with Crippen molar-refractivity contribution >= 4 is 11.6 Å². The molecule has 1 aromatic carbocycles. The SMILES string of the molecule is CC(=O)c1ccc(-n2c(C)cc(O)c(C(C)=O)c2=O)cc1.